The number of hydrogen-bond acceptors (Lipinski definition) is 3. The molecule has 1 aliphatic carbocycles. The lowest BCUT2D eigenvalue weighted by atomic mass is 9.75. The van der Waals surface area contributed by atoms with Gasteiger partial charge in [-0.2, -0.15) is 17.5 Å². The maximum atomic E-state index is 12.7. The van der Waals surface area contributed by atoms with Gasteiger partial charge in [0.15, 0.2) is 5.96 Å². The molecular weight excluding hydrogens is 520 g/mol. The summed E-state index contributed by atoms with van der Waals surface area (Å²) in [7, 11) is -5.22. The molecule has 0 aromatic carbocycles. The summed E-state index contributed by atoms with van der Waals surface area (Å²) >= 11 is 0. The minimum absolute atomic E-state index is 0. The van der Waals surface area contributed by atoms with Crippen molar-refractivity contribution in [3.63, 3.8) is 0 Å². The first-order chi connectivity index (χ1) is 12.9. The third-order valence-corrected chi connectivity index (χ3v) is 7.37. The predicted octanol–water partition coefficient (Wildman–Crippen LogP) is 3.69. The van der Waals surface area contributed by atoms with Crippen LogP contribution in [-0.4, -0.2) is 56.4 Å². The van der Waals surface area contributed by atoms with Crippen molar-refractivity contribution in [2.45, 2.75) is 70.8 Å². The van der Waals surface area contributed by atoms with Crippen molar-refractivity contribution in [3.05, 3.63) is 0 Å². The zero-order valence-electron chi connectivity index (χ0n) is 17.4. The van der Waals surface area contributed by atoms with Crippen molar-refractivity contribution >= 4 is 40.0 Å². The molecule has 2 rings (SSSR count). The second kappa shape index (κ2) is 10.8. The van der Waals surface area contributed by atoms with E-state index in [0.29, 0.717) is 35.1 Å². The molecule has 0 radical (unpaired) electrons. The minimum Gasteiger partial charge on any atom is -0.357 e. The first-order valence-electron chi connectivity index (χ1n) is 10.1. The van der Waals surface area contributed by atoms with E-state index in [1.54, 1.807) is 0 Å². The quantitative estimate of drug-likeness (QED) is 0.309. The number of rotatable bonds is 5. The Balaban J connectivity index is 0.00000420. The van der Waals surface area contributed by atoms with E-state index in [9.17, 15) is 21.6 Å². The van der Waals surface area contributed by atoms with E-state index in [1.807, 2.05) is 6.92 Å². The summed E-state index contributed by atoms with van der Waals surface area (Å²) in [6, 6.07) is 0.379. The second-order valence-electron chi connectivity index (χ2n) is 8.60. The Labute approximate surface area is 189 Å². The fourth-order valence-electron chi connectivity index (χ4n) is 3.76. The Morgan fingerprint density at radius 1 is 1.14 bits per heavy atom. The first-order valence-corrected chi connectivity index (χ1v) is 11.5. The second-order valence-corrected chi connectivity index (χ2v) is 10.5. The monoisotopic (exact) mass is 554 g/mol. The Kier molecular flexibility index (Phi) is 9.98. The molecule has 2 fully saturated rings. The van der Waals surface area contributed by atoms with Gasteiger partial charge >= 0.3 is 15.5 Å². The standard InChI is InChI=1S/C18H33F3N4O2S.HI/c1-4-22-16(24-15-5-9-17(2,3)10-6-15)23-13-14-7-11-25(12-8-14)28(26,27)18(19,20)21;/h14-15H,4-13H2,1-3H3,(H2,22,23,24);1H. The number of nitrogens with one attached hydrogen (secondary N) is 2. The van der Waals surface area contributed by atoms with Gasteiger partial charge < -0.3 is 10.6 Å². The predicted molar refractivity (Wildman–Crippen MR) is 120 cm³/mol. The molecule has 6 nitrogen and oxygen atoms in total. The Morgan fingerprint density at radius 2 is 1.69 bits per heavy atom. The van der Waals surface area contributed by atoms with Crippen LogP contribution in [0.4, 0.5) is 13.2 Å². The van der Waals surface area contributed by atoms with Gasteiger partial charge in [0.2, 0.25) is 0 Å². The summed E-state index contributed by atoms with van der Waals surface area (Å²) in [4.78, 5) is 4.61. The minimum atomic E-state index is -5.23. The number of sulfonamides is 1. The lowest BCUT2D eigenvalue weighted by molar-refractivity contribution is -0.0496. The van der Waals surface area contributed by atoms with Gasteiger partial charge in [0.05, 0.1) is 0 Å². The summed E-state index contributed by atoms with van der Waals surface area (Å²) in [5, 5.41) is 6.70. The van der Waals surface area contributed by atoms with Crippen molar-refractivity contribution < 1.29 is 21.6 Å². The summed E-state index contributed by atoms with van der Waals surface area (Å²) in [6.07, 6.45) is 5.27. The van der Waals surface area contributed by atoms with Gasteiger partial charge in [-0.3, -0.25) is 4.99 Å². The van der Waals surface area contributed by atoms with Crippen molar-refractivity contribution in [1.29, 1.82) is 0 Å². The van der Waals surface area contributed by atoms with Crippen molar-refractivity contribution in [3.8, 4) is 0 Å². The number of hydrogen-bond donors (Lipinski definition) is 2. The lowest BCUT2D eigenvalue weighted by Crippen LogP contribution is -2.46. The average molecular weight is 554 g/mol. The maximum Gasteiger partial charge on any atom is 0.511 e. The van der Waals surface area contributed by atoms with E-state index in [4.69, 9.17) is 0 Å². The zero-order valence-corrected chi connectivity index (χ0v) is 20.5. The summed E-state index contributed by atoms with van der Waals surface area (Å²) in [5.74, 6) is 0.818. The Morgan fingerprint density at radius 3 is 2.17 bits per heavy atom. The van der Waals surface area contributed by atoms with E-state index < -0.39 is 15.5 Å². The summed E-state index contributed by atoms with van der Waals surface area (Å²) in [5.41, 5.74) is -4.84. The van der Waals surface area contributed by atoms with E-state index in [-0.39, 0.29) is 43.0 Å². The van der Waals surface area contributed by atoms with Crippen LogP contribution in [0.15, 0.2) is 4.99 Å². The van der Waals surface area contributed by atoms with Crippen LogP contribution in [0.2, 0.25) is 0 Å². The highest BCUT2D eigenvalue weighted by atomic mass is 127. The fourth-order valence-corrected chi connectivity index (χ4v) is 4.74. The van der Waals surface area contributed by atoms with Crippen LogP contribution < -0.4 is 10.6 Å². The Hall–Kier alpha value is -0.300. The molecule has 1 saturated heterocycles. The van der Waals surface area contributed by atoms with Crippen LogP contribution in [0, 0.1) is 11.3 Å². The van der Waals surface area contributed by atoms with Crippen LogP contribution in [0.5, 0.6) is 0 Å². The fraction of sp³-hybridized carbons (Fsp3) is 0.944. The molecule has 29 heavy (non-hydrogen) atoms. The van der Waals surface area contributed by atoms with E-state index >= 15 is 0 Å². The van der Waals surface area contributed by atoms with Crippen molar-refractivity contribution in [1.82, 2.24) is 14.9 Å². The molecule has 1 saturated carbocycles. The highest BCUT2D eigenvalue weighted by Crippen LogP contribution is 2.35. The van der Waals surface area contributed by atoms with E-state index in [0.717, 1.165) is 38.2 Å². The average Bonchev–Trinajstić information content (AvgIpc) is 2.61. The molecule has 1 heterocycles. The van der Waals surface area contributed by atoms with Gasteiger partial charge in [-0.05, 0) is 56.8 Å². The number of nitrogens with zero attached hydrogens (tertiary/aromatic N) is 2. The molecule has 0 aromatic heterocycles. The highest BCUT2D eigenvalue weighted by Gasteiger charge is 2.50. The largest absolute Gasteiger partial charge is 0.511 e. The molecule has 1 aliphatic heterocycles. The summed E-state index contributed by atoms with van der Waals surface area (Å²) in [6.45, 7) is 7.55. The third-order valence-electron chi connectivity index (χ3n) is 5.74. The number of piperidine rings is 1. The number of guanidine groups is 1. The third kappa shape index (κ3) is 7.71. The Bertz CT molecular complexity index is 638. The van der Waals surface area contributed by atoms with E-state index in [1.165, 1.54) is 0 Å². The van der Waals surface area contributed by atoms with Crippen LogP contribution >= 0.6 is 24.0 Å². The molecule has 11 heteroatoms. The van der Waals surface area contributed by atoms with Crippen LogP contribution in [0.3, 0.4) is 0 Å². The molecule has 0 spiro atoms. The highest BCUT2D eigenvalue weighted by molar-refractivity contribution is 14.0. The van der Waals surface area contributed by atoms with Crippen molar-refractivity contribution in [2.24, 2.45) is 16.3 Å². The van der Waals surface area contributed by atoms with Gasteiger partial charge in [0.25, 0.3) is 0 Å². The first kappa shape index (κ1) is 26.7. The smallest absolute Gasteiger partial charge is 0.357 e. The molecule has 0 aromatic rings. The molecule has 0 bridgehead atoms. The summed E-state index contributed by atoms with van der Waals surface area (Å²) < 4.78 is 61.5. The molecule has 2 aliphatic rings. The molecular formula is C18H34F3IN4O2S. The van der Waals surface area contributed by atoms with Crippen LogP contribution in [-0.2, 0) is 10.0 Å². The zero-order chi connectivity index (χ0) is 21.0. The molecule has 172 valence electrons. The maximum absolute atomic E-state index is 12.7. The molecule has 0 amide bonds. The van der Waals surface area contributed by atoms with Crippen molar-refractivity contribution in [2.75, 3.05) is 26.2 Å². The topological polar surface area (TPSA) is 73.8 Å². The van der Waals surface area contributed by atoms with Crippen LogP contribution in [0.25, 0.3) is 0 Å². The number of halogens is 4. The van der Waals surface area contributed by atoms with Gasteiger partial charge in [-0.25, -0.2) is 8.42 Å². The van der Waals surface area contributed by atoms with Gasteiger partial charge in [0.1, 0.15) is 0 Å². The van der Waals surface area contributed by atoms with E-state index in [2.05, 4.69) is 29.5 Å². The lowest BCUT2D eigenvalue weighted by Gasteiger charge is -2.35. The number of alkyl halides is 3. The SMILES string of the molecule is CCNC(=NCC1CCN(S(=O)(=O)C(F)(F)F)CC1)NC1CCC(C)(C)CC1.I. The van der Waals surface area contributed by atoms with Gasteiger partial charge in [-0.15, -0.1) is 24.0 Å². The molecule has 0 atom stereocenters. The molecule has 0 unspecified atom stereocenters. The van der Waals surface area contributed by atoms with Gasteiger partial charge in [-0.1, -0.05) is 13.8 Å². The van der Waals surface area contributed by atoms with Crippen LogP contribution in [0.1, 0.15) is 59.3 Å². The number of aliphatic imine (C=N–C) groups is 1. The van der Waals surface area contributed by atoms with Gasteiger partial charge in [0, 0.05) is 32.2 Å². The molecule has 2 N–H and O–H groups in total. The normalized spacial score (nSPS) is 22.8.